The fourth-order valence-electron chi connectivity index (χ4n) is 3.36. The zero-order valence-corrected chi connectivity index (χ0v) is 11.9. The van der Waals surface area contributed by atoms with Crippen molar-refractivity contribution in [3.05, 3.63) is 33.1 Å². The highest BCUT2D eigenvalue weighted by Gasteiger charge is 2.37. The number of hydrogen-bond acceptors (Lipinski definition) is 4. The second-order valence-electron chi connectivity index (χ2n) is 5.73. The Hall–Kier alpha value is -1.89. The summed E-state index contributed by atoms with van der Waals surface area (Å²) in [7, 11) is 0. The van der Waals surface area contributed by atoms with Crippen molar-refractivity contribution in [1.29, 1.82) is 0 Å². The number of aromatic nitrogens is 2. The molecular weight excluding hydrogens is 272 g/mol. The van der Waals surface area contributed by atoms with Gasteiger partial charge in [-0.2, -0.15) is 0 Å². The van der Waals surface area contributed by atoms with Crippen LogP contribution in [0.2, 0.25) is 0 Å². The molecule has 2 N–H and O–H groups in total. The number of carbonyl (C=O) groups excluding carboxylic acids is 1. The molecule has 0 radical (unpaired) electrons. The van der Waals surface area contributed by atoms with Gasteiger partial charge >= 0.3 is 5.69 Å². The predicted octanol–water partition coefficient (Wildman–Crippen LogP) is -0.720. The lowest BCUT2D eigenvalue weighted by Gasteiger charge is -2.28. The maximum Gasteiger partial charge on any atom is 0.328 e. The van der Waals surface area contributed by atoms with E-state index in [1.54, 1.807) is 0 Å². The van der Waals surface area contributed by atoms with Gasteiger partial charge < -0.3 is 14.8 Å². The molecular formula is C14H20N4O3. The summed E-state index contributed by atoms with van der Waals surface area (Å²) in [6.07, 6.45) is 4.87. The highest BCUT2D eigenvalue weighted by atomic mass is 16.2. The number of carbonyl (C=O) groups is 1. The summed E-state index contributed by atoms with van der Waals surface area (Å²) in [6, 6.07) is 1.92. The molecule has 1 aromatic rings. The minimum atomic E-state index is -0.462. The molecule has 21 heavy (non-hydrogen) atoms. The van der Waals surface area contributed by atoms with Crippen molar-refractivity contribution < 1.29 is 4.79 Å². The van der Waals surface area contributed by atoms with Crippen LogP contribution < -0.4 is 16.6 Å². The first-order valence-corrected chi connectivity index (χ1v) is 7.47. The van der Waals surface area contributed by atoms with Crippen molar-refractivity contribution in [3.63, 3.8) is 0 Å². The Labute approximate surface area is 122 Å². The van der Waals surface area contributed by atoms with Crippen LogP contribution in [0.15, 0.2) is 21.9 Å². The lowest BCUT2D eigenvalue weighted by molar-refractivity contribution is -0.134. The first-order chi connectivity index (χ1) is 10.1. The van der Waals surface area contributed by atoms with Crippen LogP contribution in [0.5, 0.6) is 0 Å². The molecule has 114 valence electrons. The van der Waals surface area contributed by atoms with Crippen LogP contribution in [0, 0.1) is 0 Å². The average Bonchev–Trinajstić information content (AvgIpc) is 2.71. The molecule has 1 aromatic heterocycles. The summed E-state index contributed by atoms with van der Waals surface area (Å²) in [6.45, 7) is 2.13. The topological polar surface area (TPSA) is 87.2 Å². The molecule has 0 unspecified atom stereocenters. The van der Waals surface area contributed by atoms with Gasteiger partial charge in [-0.25, -0.2) is 4.79 Å². The van der Waals surface area contributed by atoms with E-state index in [0.717, 1.165) is 32.4 Å². The van der Waals surface area contributed by atoms with Crippen LogP contribution in [0.1, 0.15) is 25.7 Å². The number of rotatable bonds is 3. The van der Waals surface area contributed by atoms with Gasteiger partial charge in [-0.1, -0.05) is 0 Å². The van der Waals surface area contributed by atoms with Crippen molar-refractivity contribution in [1.82, 2.24) is 19.8 Å². The van der Waals surface area contributed by atoms with E-state index in [2.05, 4.69) is 10.3 Å². The number of amides is 1. The third kappa shape index (κ3) is 2.92. The number of hydrogen-bond donors (Lipinski definition) is 2. The molecule has 0 aromatic carbocycles. The molecule has 2 bridgehead atoms. The van der Waals surface area contributed by atoms with Crippen molar-refractivity contribution in [2.45, 2.75) is 44.3 Å². The molecule has 0 aliphatic carbocycles. The van der Waals surface area contributed by atoms with E-state index in [-0.39, 0.29) is 11.9 Å². The van der Waals surface area contributed by atoms with E-state index in [9.17, 15) is 14.4 Å². The van der Waals surface area contributed by atoms with Crippen LogP contribution in [-0.2, 0) is 11.3 Å². The second kappa shape index (κ2) is 5.85. The monoisotopic (exact) mass is 292 g/mol. The molecule has 1 amide bonds. The van der Waals surface area contributed by atoms with E-state index in [0.29, 0.717) is 19.0 Å². The van der Waals surface area contributed by atoms with Gasteiger partial charge in [0.05, 0.1) is 0 Å². The van der Waals surface area contributed by atoms with Gasteiger partial charge in [0.1, 0.15) is 0 Å². The lowest BCUT2D eigenvalue weighted by atomic mass is 10.1. The van der Waals surface area contributed by atoms with E-state index < -0.39 is 11.2 Å². The van der Waals surface area contributed by atoms with Gasteiger partial charge in [0.25, 0.3) is 5.56 Å². The Balaban J connectivity index is 1.66. The average molecular weight is 292 g/mol. The predicted molar refractivity (Wildman–Crippen MR) is 77.1 cm³/mol. The SMILES string of the molecule is O=C(CCn1ccc(=O)[nH]c1=O)N1[C@H]2CCNC[C@@H]1CC2. The first kappa shape index (κ1) is 14.1. The molecule has 2 aliphatic rings. The van der Waals surface area contributed by atoms with Crippen LogP contribution in [0.3, 0.4) is 0 Å². The maximum absolute atomic E-state index is 12.5. The standard InChI is InChI=1S/C14H20N4O3/c19-12-4-7-17(14(21)16-12)8-5-13(20)18-10-1-2-11(18)9-15-6-3-10/h4,7,10-11,15H,1-3,5-6,8-9H2,(H,16,19,21)/t10-,11+/m1/s1. The van der Waals surface area contributed by atoms with Gasteiger partial charge in [-0.3, -0.25) is 14.6 Å². The fraction of sp³-hybridized carbons (Fsp3) is 0.643. The third-order valence-electron chi connectivity index (χ3n) is 4.41. The molecule has 2 fully saturated rings. The van der Waals surface area contributed by atoms with Gasteiger partial charge in [0.2, 0.25) is 5.91 Å². The number of H-pyrrole nitrogens is 1. The molecule has 0 spiro atoms. The van der Waals surface area contributed by atoms with Crippen LogP contribution in [-0.4, -0.2) is 45.5 Å². The van der Waals surface area contributed by atoms with Crippen molar-refractivity contribution in [2.75, 3.05) is 13.1 Å². The number of aromatic amines is 1. The highest BCUT2D eigenvalue weighted by molar-refractivity contribution is 5.77. The quantitative estimate of drug-likeness (QED) is 0.769. The van der Waals surface area contributed by atoms with Gasteiger partial charge in [-0.15, -0.1) is 0 Å². The van der Waals surface area contributed by atoms with E-state index in [1.807, 2.05) is 4.90 Å². The van der Waals surface area contributed by atoms with Crippen molar-refractivity contribution >= 4 is 5.91 Å². The summed E-state index contributed by atoms with van der Waals surface area (Å²) < 4.78 is 1.37. The molecule has 7 heteroatoms. The van der Waals surface area contributed by atoms with Gasteiger partial charge in [-0.05, 0) is 25.8 Å². The summed E-state index contributed by atoms with van der Waals surface area (Å²) in [4.78, 5) is 39.3. The summed E-state index contributed by atoms with van der Waals surface area (Å²) in [5.74, 6) is 0.101. The van der Waals surface area contributed by atoms with E-state index in [1.165, 1.54) is 16.8 Å². The minimum absolute atomic E-state index is 0.101. The molecule has 2 aliphatic heterocycles. The van der Waals surface area contributed by atoms with Gasteiger partial charge in [0, 0.05) is 43.9 Å². The summed E-state index contributed by atoms with van der Waals surface area (Å²) in [5.41, 5.74) is -0.880. The third-order valence-corrected chi connectivity index (χ3v) is 4.41. The molecule has 2 atom stereocenters. The first-order valence-electron chi connectivity index (χ1n) is 7.47. The number of fused-ring (bicyclic) bond motifs is 2. The minimum Gasteiger partial charge on any atom is -0.335 e. The smallest absolute Gasteiger partial charge is 0.328 e. The normalized spacial score (nSPS) is 24.9. The Kier molecular flexibility index (Phi) is 3.92. The van der Waals surface area contributed by atoms with Crippen LogP contribution in [0.25, 0.3) is 0 Å². The maximum atomic E-state index is 12.5. The fourth-order valence-corrected chi connectivity index (χ4v) is 3.36. The Morgan fingerprint density at radius 3 is 2.86 bits per heavy atom. The van der Waals surface area contributed by atoms with E-state index in [4.69, 9.17) is 0 Å². The zero-order chi connectivity index (χ0) is 14.8. The molecule has 3 rings (SSSR count). The zero-order valence-electron chi connectivity index (χ0n) is 11.9. The Morgan fingerprint density at radius 1 is 1.24 bits per heavy atom. The Morgan fingerprint density at radius 2 is 2.05 bits per heavy atom. The molecule has 3 heterocycles. The summed E-state index contributed by atoms with van der Waals surface area (Å²) >= 11 is 0. The number of aryl methyl sites for hydroxylation is 1. The van der Waals surface area contributed by atoms with E-state index >= 15 is 0 Å². The van der Waals surface area contributed by atoms with Crippen LogP contribution in [0.4, 0.5) is 0 Å². The molecule has 2 saturated heterocycles. The van der Waals surface area contributed by atoms with Crippen molar-refractivity contribution in [3.8, 4) is 0 Å². The largest absolute Gasteiger partial charge is 0.335 e. The van der Waals surface area contributed by atoms with Gasteiger partial charge in [0.15, 0.2) is 0 Å². The number of nitrogens with one attached hydrogen (secondary N) is 2. The highest BCUT2D eigenvalue weighted by Crippen LogP contribution is 2.28. The van der Waals surface area contributed by atoms with Crippen LogP contribution >= 0.6 is 0 Å². The summed E-state index contributed by atoms with van der Waals surface area (Å²) in [5, 5.41) is 3.36. The molecule has 7 nitrogen and oxygen atoms in total. The van der Waals surface area contributed by atoms with Crippen molar-refractivity contribution in [2.24, 2.45) is 0 Å². The Bertz CT molecular complexity index is 622. The molecule has 0 saturated carbocycles. The second-order valence-corrected chi connectivity index (χ2v) is 5.73. The number of nitrogens with zero attached hydrogens (tertiary/aromatic N) is 2. The lowest BCUT2D eigenvalue weighted by Crippen LogP contribution is -2.43.